The van der Waals surface area contributed by atoms with Gasteiger partial charge in [-0.05, 0) is 55.7 Å². The van der Waals surface area contributed by atoms with E-state index < -0.39 is 6.04 Å². The fraction of sp³-hybridized carbons (Fsp3) is 0.417. The maximum atomic E-state index is 13.2. The molecule has 0 bridgehead atoms. The number of carbonyl (C=O) groups is 2. The molecule has 0 saturated heterocycles. The van der Waals surface area contributed by atoms with E-state index in [1.165, 1.54) is 0 Å². The van der Waals surface area contributed by atoms with Crippen LogP contribution in [0.3, 0.4) is 0 Å². The van der Waals surface area contributed by atoms with Gasteiger partial charge in [0.1, 0.15) is 17.5 Å². The third-order valence-electron chi connectivity index (χ3n) is 5.17. The highest BCUT2D eigenvalue weighted by molar-refractivity contribution is 5.88. The summed E-state index contributed by atoms with van der Waals surface area (Å²) >= 11 is 0. The van der Waals surface area contributed by atoms with Crippen molar-refractivity contribution in [2.75, 3.05) is 14.2 Å². The first-order valence-corrected chi connectivity index (χ1v) is 10.2. The molecule has 0 heterocycles. The van der Waals surface area contributed by atoms with Crippen molar-refractivity contribution in [2.24, 2.45) is 0 Å². The average Bonchev–Trinajstić information content (AvgIpc) is 2.77. The van der Waals surface area contributed by atoms with E-state index in [1.54, 1.807) is 26.0 Å². The van der Waals surface area contributed by atoms with Gasteiger partial charge in [-0.3, -0.25) is 9.59 Å². The van der Waals surface area contributed by atoms with Gasteiger partial charge in [-0.1, -0.05) is 31.2 Å². The second-order valence-corrected chi connectivity index (χ2v) is 7.39. The van der Waals surface area contributed by atoms with Crippen LogP contribution in [-0.4, -0.2) is 43.0 Å². The Kier molecular flexibility index (Phi) is 8.71. The quantitative estimate of drug-likeness (QED) is 0.648. The molecule has 0 aliphatic heterocycles. The Morgan fingerprint density at radius 2 is 1.63 bits per heavy atom. The van der Waals surface area contributed by atoms with Crippen LogP contribution in [0.15, 0.2) is 48.5 Å². The topological polar surface area (TPSA) is 67.9 Å². The lowest BCUT2D eigenvalue weighted by molar-refractivity contribution is -0.140. The molecule has 2 amide bonds. The zero-order valence-corrected chi connectivity index (χ0v) is 18.5. The molecule has 0 saturated carbocycles. The minimum Gasteiger partial charge on any atom is -0.497 e. The molecule has 1 N–H and O–H groups in total. The van der Waals surface area contributed by atoms with Crippen LogP contribution >= 0.6 is 0 Å². The third kappa shape index (κ3) is 6.51. The summed E-state index contributed by atoms with van der Waals surface area (Å²) in [7, 11) is 3.21. The van der Waals surface area contributed by atoms with Gasteiger partial charge in [-0.2, -0.15) is 0 Å². The molecular weight excluding hydrogens is 380 g/mol. The fourth-order valence-electron chi connectivity index (χ4n) is 3.04. The van der Waals surface area contributed by atoms with Crippen LogP contribution in [0.2, 0.25) is 0 Å². The van der Waals surface area contributed by atoms with Crippen LogP contribution in [0.4, 0.5) is 0 Å². The Hall–Kier alpha value is -3.02. The summed E-state index contributed by atoms with van der Waals surface area (Å²) in [6, 6.07) is 14.4. The molecule has 2 rings (SSSR count). The molecule has 0 aliphatic rings. The van der Waals surface area contributed by atoms with E-state index in [1.807, 2.05) is 62.4 Å². The maximum Gasteiger partial charge on any atom is 0.242 e. The molecule has 30 heavy (non-hydrogen) atoms. The number of nitrogens with one attached hydrogen (secondary N) is 1. The number of benzene rings is 2. The summed E-state index contributed by atoms with van der Waals surface area (Å²) in [6.45, 7) is 6.06. The van der Waals surface area contributed by atoms with Gasteiger partial charge in [0, 0.05) is 12.6 Å². The maximum absolute atomic E-state index is 13.2. The number of carbonyl (C=O) groups excluding carboxylic acids is 2. The van der Waals surface area contributed by atoms with E-state index in [2.05, 4.69) is 5.32 Å². The van der Waals surface area contributed by atoms with Crippen LogP contribution in [0.1, 0.15) is 38.3 Å². The van der Waals surface area contributed by atoms with Gasteiger partial charge >= 0.3 is 0 Å². The molecule has 0 spiro atoms. The molecule has 2 aromatic carbocycles. The van der Waals surface area contributed by atoms with Gasteiger partial charge in [0.25, 0.3) is 0 Å². The number of methoxy groups -OCH3 is 2. The molecule has 2 aromatic rings. The molecule has 0 aromatic heterocycles. The lowest BCUT2D eigenvalue weighted by Gasteiger charge is -2.30. The van der Waals surface area contributed by atoms with Crippen LogP contribution in [0, 0.1) is 0 Å². The van der Waals surface area contributed by atoms with Crippen molar-refractivity contribution in [1.29, 1.82) is 0 Å². The molecule has 0 radical (unpaired) electrons. The Bertz CT molecular complexity index is 835. The number of hydrogen-bond acceptors (Lipinski definition) is 4. The van der Waals surface area contributed by atoms with E-state index in [4.69, 9.17) is 9.47 Å². The van der Waals surface area contributed by atoms with Crippen molar-refractivity contribution in [3.8, 4) is 11.5 Å². The zero-order valence-electron chi connectivity index (χ0n) is 18.5. The Balaban J connectivity index is 2.23. The van der Waals surface area contributed by atoms with E-state index in [9.17, 15) is 9.59 Å². The molecule has 0 fully saturated rings. The minimum atomic E-state index is -0.601. The summed E-state index contributed by atoms with van der Waals surface area (Å²) in [6.07, 6.45) is 1.03. The first-order valence-electron chi connectivity index (χ1n) is 10.2. The monoisotopic (exact) mass is 412 g/mol. The normalized spacial score (nSPS) is 12.6. The van der Waals surface area contributed by atoms with Crippen molar-refractivity contribution < 1.29 is 19.1 Å². The molecule has 6 heteroatoms. The van der Waals surface area contributed by atoms with Gasteiger partial charge < -0.3 is 19.7 Å². The lowest BCUT2D eigenvalue weighted by Crippen LogP contribution is -2.49. The highest BCUT2D eigenvalue weighted by Crippen LogP contribution is 2.18. The van der Waals surface area contributed by atoms with Crippen LogP contribution in [0.5, 0.6) is 11.5 Å². The zero-order chi connectivity index (χ0) is 22.1. The van der Waals surface area contributed by atoms with E-state index >= 15 is 0 Å². The third-order valence-corrected chi connectivity index (χ3v) is 5.17. The summed E-state index contributed by atoms with van der Waals surface area (Å²) < 4.78 is 10.5. The van der Waals surface area contributed by atoms with E-state index in [0.29, 0.717) is 12.3 Å². The standard InChI is InChI=1S/C24H32N2O4/c1-6-17(2)25-24(28)18(3)26(16-20-8-7-9-22(14-20)30-5)23(27)15-19-10-12-21(29-4)13-11-19/h7-14,17-18H,6,15-16H2,1-5H3,(H,25,28)/t17-,18-/m1/s1. The van der Waals surface area contributed by atoms with Crippen LogP contribution < -0.4 is 14.8 Å². The van der Waals surface area contributed by atoms with Crippen molar-refractivity contribution in [2.45, 2.75) is 52.2 Å². The molecule has 162 valence electrons. The molecule has 6 nitrogen and oxygen atoms in total. The number of hydrogen-bond donors (Lipinski definition) is 1. The largest absolute Gasteiger partial charge is 0.497 e. The lowest BCUT2D eigenvalue weighted by atomic mass is 10.1. The summed E-state index contributed by atoms with van der Waals surface area (Å²) in [5, 5.41) is 2.98. The SMILES string of the molecule is CC[C@@H](C)NC(=O)[C@@H](C)N(Cc1cccc(OC)c1)C(=O)Cc1ccc(OC)cc1. The van der Waals surface area contributed by atoms with E-state index in [-0.39, 0.29) is 24.3 Å². The van der Waals surface area contributed by atoms with Gasteiger partial charge in [-0.15, -0.1) is 0 Å². The van der Waals surface area contributed by atoms with Gasteiger partial charge in [-0.25, -0.2) is 0 Å². The second kappa shape index (κ2) is 11.2. The van der Waals surface area contributed by atoms with Gasteiger partial charge in [0.15, 0.2) is 0 Å². The highest BCUT2D eigenvalue weighted by atomic mass is 16.5. The first kappa shape index (κ1) is 23.3. The average molecular weight is 413 g/mol. The van der Waals surface area contributed by atoms with Crippen molar-refractivity contribution >= 4 is 11.8 Å². The smallest absolute Gasteiger partial charge is 0.242 e. The molecule has 2 atom stereocenters. The van der Waals surface area contributed by atoms with E-state index in [0.717, 1.165) is 23.3 Å². The Morgan fingerprint density at radius 1 is 0.967 bits per heavy atom. The first-order chi connectivity index (χ1) is 14.4. The van der Waals surface area contributed by atoms with Crippen molar-refractivity contribution in [3.63, 3.8) is 0 Å². The van der Waals surface area contributed by atoms with Crippen LogP contribution in [-0.2, 0) is 22.6 Å². The molecule has 0 aliphatic carbocycles. The summed E-state index contributed by atoms with van der Waals surface area (Å²) in [5.41, 5.74) is 1.77. The Labute approximate surface area is 179 Å². The predicted molar refractivity (Wildman–Crippen MR) is 118 cm³/mol. The van der Waals surface area contributed by atoms with Gasteiger partial charge in [0.2, 0.25) is 11.8 Å². The number of nitrogens with zero attached hydrogens (tertiary/aromatic N) is 1. The number of rotatable bonds is 10. The van der Waals surface area contributed by atoms with Gasteiger partial charge in [0.05, 0.1) is 20.6 Å². The minimum absolute atomic E-state index is 0.0512. The Morgan fingerprint density at radius 3 is 2.23 bits per heavy atom. The summed E-state index contributed by atoms with van der Waals surface area (Å²) in [4.78, 5) is 27.6. The van der Waals surface area contributed by atoms with Crippen LogP contribution in [0.25, 0.3) is 0 Å². The second-order valence-electron chi connectivity index (χ2n) is 7.39. The number of ether oxygens (including phenoxy) is 2. The highest BCUT2D eigenvalue weighted by Gasteiger charge is 2.27. The predicted octanol–water partition coefficient (Wildman–Crippen LogP) is 3.58. The van der Waals surface area contributed by atoms with Crippen molar-refractivity contribution in [3.05, 3.63) is 59.7 Å². The number of amides is 2. The van der Waals surface area contributed by atoms with Crippen molar-refractivity contribution in [1.82, 2.24) is 10.2 Å². The summed E-state index contributed by atoms with van der Waals surface area (Å²) in [5.74, 6) is 1.18. The molecule has 0 unspecified atom stereocenters. The fourth-order valence-corrected chi connectivity index (χ4v) is 3.04. The molecular formula is C24H32N2O4.